The highest BCUT2D eigenvalue weighted by atomic mass is 16.2. The topological polar surface area (TPSA) is 96.0 Å². The summed E-state index contributed by atoms with van der Waals surface area (Å²) in [7, 11) is 0. The van der Waals surface area contributed by atoms with Crippen LogP contribution in [-0.4, -0.2) is 17.9 Å². The van der Waals surface area contributed by atoms with Crippen LogP contribution in [-0.2, 0) is 4.79 Å². The van der Waals surface area contributed by atoms with Crippen molar-refractivity contribution < 1.29 is 9.59 Å². The Bertz CT molecular complexity index is 535. The maximum atomic E-state index is 11.8. The van der Waals surface area contributed by atoms with Crippen LogP contribution in [0.2, 0.25) is 0 Å². The highest BCUT2D eigenvalue weighted by Crippen LogP contribution is 2.04. The zero-order chi connectivity index (χ0) is 13.5. The lowest BCUT2D eigenvalue weighted by Crippen LogP contribution is -2.44. The second kappa shape index (κ2) is 6.07. The van der Waals surface area contributed by atoms with Gasteiger partial charge in [-0.2, -0.15) is 5.26 Å². The normalized spacial score (nSPS) is 10.8. The van der Waals surface area contributed by atoms with Gasteiger partial charge in [0.25, 0.3) is 5.91 Å². The van der Waals surface area contributed by atoms with Crippen LogP contribution >= 0.6 is 0 Å². The van der Waals surface area contributed by atoms with Gasteiger partial charge in [0.2, 0.25) is 5.91 Å². The fourth-order valence-corrected chi connectivity index (χ4v) is 1.28. The predicted octanol–water partition coefficient (Wildman–Crippen LogP) is 0.165. The third kappa shape index (κ3) is 3.36. The Hall–Kier alpha value is -2.79. The number of terminal acetylenes is 1. The Labute approximate surface area is 105 Å². The van der Waals surface area contributed by atoms with E-state index in [-0.39, 0.29) is 6.42 Å². The average molecular weight is 241 g/mol. The molecule has 5 heteroatoms. The summed E-state index contributed by atoms with van der Waals surface area (Å²) in [5.74, 6) is 1.12. The first-order valence-corrected chi connectivity index (χ1v) is 5.12. The van der Waals surface area contributed by atoms with Crippen molar-refractivity contribution in [2.75, 3.05) is 0 Å². The van der Waals surface area contributed by atoms with E-state index in [0.717, 1.165) is 0 Å². The van der Waals surface area contributed by atoms with E-state index in [2.05, 4.69) is 11.2 Å². The van der Waals surface area contributed by atoms with Crippen molar-refractivity contribution in [2.45, 2.75) is 12.5 Å². The number of nitrogens with one attached hydrogen (secondary N) is 1. The Morgan fingerprint density at radius 1 is 1.39 bits per heavy atom. The summed E-state index contributed by atoms with van der Waals surface area (Å²) in [5.41, 5.74) is 5.88. The molecule has 0 aliphatic carbocycles. The van der Waals surface area contributed by atoms with E-state index in [0.29, 0.717) is 11.1 Å². The van der Waals surface area contributed by atoms with Crippen molar-refractivity contribution in [3.63, 3.8) is 0 Å². The molecule has 1 rings (SSSR count). The zero-order valence-electron chi connectivity index (χ0n) is 9.51. The van der Waals surface area contributed by atoms with E-state index in [1.54, 1.807) is 0 Å². The van der Waals surface area contributed by atoms with Gasteiger partial charge < -0.3 is 11.1 Å². The van der Waals surface area contributed by atoms with Crippen LogP contribution < -0.4 is 11.1 Å². The minimum atomic E-state index is -0.891. The third-order valence-corrected chi connectivity index (χ3v) is 2.25. The molecular weight excluding hydrogens is 230 g/mol. The van der Waals surface area contributed by atoms with Gasteiger partial charge in [0.05, 0.1) is 11.6 Å². The number of rotatable bonds is 4. The molecule has 0 aliphatic rings. The van der Waals surface area contributed by atoms with Crippen LogP contribution in [0.5, 0.6) is 0 Å². The van der Waals surface area contributed by atoms with E-state index < -0.39 is 17.9 Å². The molecule has 18 heavy (non-hydrogen) atoms. The molecule has 5 nitrogen and oxygen atoms in total. The molecule has 3 N–H and O–H groups in total. The van der Waals surface area contributed by atoms with Crippen LogP contribution in [0.25, 0.3) is 0 Å². The first-order valence-electron chi connectivity index (χ1n) is 5.12. The third-order valence-electron chi connectivity index (χ3n) is 2.25. The lowest BCUT2D eigenvalue weighted by atomic mass is 10.1. The fourth-order valence-electron chi connectivity index (χ4n) is 1.28. The maximum absolute atomic E-state index is 11.8. The van der Waals surface area contributed by atoms with Gasteiger partial charge in [0.1, 0.15) is 6.04 Å². The SMILES string of the molecule is C#CC[C@H](NC(=O)c1ccc(C#N)cc1)C(N)=O. The van der Waals surface area contributed by atoms with Crippen molar-refractivity contribution in [2.24, 2.45) is 5.73 Å². The summed E-state index contributed by atoms with van der Waals surface area (Å²) in [6, 6.07) is 7.04. The van der Waals surface area contributed by atoms with Gasteiger partial charge in [0.15, 0.2) is 0 Å². The molecule has 0 saturated carbocycles. The molecule has 1 aromatic rings. The minimum absolute atomic E-state index is 0.0390. The van der Waals surface area contributed by atoms with Crippen LogP contribution in [0, 0.1) is 23.7 Å². The molecule has 0 aliphatic heterocycles. The first-order chi connectivity index (χ1) is 8.58. The van der Waals surface area contributed by atoms with Crippen LogP contribution in [0.4, 0.5) is 0 Å². The highest BCUT2D eigenvalue weighted by molar-refractivity contribution is 5.97. The van der Waals surface area contributed by atoms with E-state index in [1.165, 1.54) is 24.3 Å². The standard InChI is InChI=1S/C13H11N3O2/c1-2-3-11(12(15)17)16-13(18)10-6-4-9(8-14)5-7-10/h1,4-7,11H,3H2,(H2,15,17)(H,16,18)/t11-/m0/s1. The summed E-state index contributed by atoms with van der Waals surface area (Å²) >= 11 is 0. The van der Waals surface area contributed by atoms with Crippen molar-refractivity contribution in [1.29, 1.82) is 5.26 Å². The summed E-state index contributed by atoms with van der Waals surface area (Å²) in [5, 5.41) is 11.1. The number of benzene rings is 1. The Kier molecular flexibility index (Phi) is 4.48. The molecule has 1 atom stereocenters. The lowest BCUT2D eigenvalue weighted by molar-refractivity contribution is -0.119. The smallest absolute Gasteiger partial charge is 0.251 e. The Morgan fingerprint density at radius 2 is 2.00 bits per heavy atom. The van der Waals surface area contributed by atoms with Gasteiger partial charge in [-0.15, -0.1) is 12.3 Å². The molecule has 0 unspecified atom stereocenters. The van der Waals surface area contributed by atoms with Crippen molar-refractivity contribution in [1.82, 2.24) is 5.32 Å². The molecule has 0 aromatic heterocycles. The molecule has 90 valence electrons. The molecule has 0 spiro atoms. The molecule has 2 amide bonds. The van der Waals surface area contributed by atoms with E-state index in [1.807, 2.05) is 6.07 Å². The first kappa shape index (κ1) is 13.3. The second-order valence-corrected chi connectivity index (χ2v) is 3.53. The van der Waals surface area contributed by atoms with Gasteiger partial charge in [-0.3, -0.25) is 9.59 Å². The number of hydrogen-bond donors (Lipinski definition) is 2. The number of nitrogens with zero attached hydrogens (tertiary/aromatic N) is 1. The average Bonchev–Trinajstić information content (AvgIpc) is 2.38. The van der Waals surface area contributed by atoms with Gasteiger partial charge in [0, 0.05) is 12.0 Å². The van der Waals surface area contributed by atoms with Crippen LogP contribution in [0.3, 0.4) is 0 Å². The molecule has 0 fully saturated rings. The number of nitrogens with two attached hydrogens (primary N) is 1. The number of nitriles is 1. The highest BCUT2D eigenvalue weighted by Gasteiger charge is 2.17. The maximum Gasteiger partial charge on any atom is 0.251 e. The second-order valence-electron chi connectivity index (χ2n) is 3.53. The molecule has 1 aromatic carbocycles. The summed E-state index contributed by atoms with van der Waals surface area (Å²) in [6.45, 7) is 0. The monoisotopic (exact) mass is 241 g/mol. The quantitative estimate of drug-likeness (QED) is 0.735. The molecular formula is C13H11N3O2. The van der Waals surface area contributed by atoms with E-state index in [4.69, 9.17) is 17.4 Å². The number of amides is 2. The number of hydrogen-bond acceptors (Lipinski definition) is 3. The van der Waals surface area contributed by atoms with Gasteiger partial charge in [-0.05, 0) is 24.3 Å². The zero-order valence-corrected chi connectivity index (χ0v) is 9.51. The Balaban J connectivity index is 2.78. The molecule has 0 saturated heterocycles. The number of carbonyl (C=O) groups is 2. The lowest BCUT2D eigenvalue weighted by Gasteiger charge is -2.12. The van der Waals surface area contributed by atoms with Gasteiger partial charge >= 0.3 is 0 Å². The number of primary amides is 1. The van der Waals surface area contributed by atoms with Crippen molar-refractivity contribution in [3.8, 4) is 18.4 Å². The molecule has 0 bridgehead atoms. The summed E-state index contributed by atoms with van der Waals surface area (Å²) in [6.07, 6.45) is 5.11. The molecule has 0 radical (unpaired) electrons. The summed E-state index contributed by atoms with van der Waals surface area (Å²) in [4.78, 5) is 22.8. The van der Waals surface area contributed by atoms with Crippen LogP contribution in [0.15, 0.2) is 24.3 Å². The fraction of sp³-hybridized carbons (Fsp3) is 0.154. The van der Waals surface area contributed by atoms with Crippen LogP contribution in [0.1, 0.15) is 22.3 Å². The van der Waals surface area contributed by atoms with Gasteiger partial charge in [-0.1, -0.05) is 0 Å². The van der Waals surface area contributed by atoms with Crippen molar-refractivity contribution >= 4 is 11.8 Å². The molecule has 0 heterocycles. The number of carbonyl (C=O) groups excluding carboxylic acids is 2. The predicted molar refractivity (Wildman–Crippen MR) is 65.1 cm³/mol. The minimum Gasteiger partial charge on any atom is -0.368 e. The summed E-state index contributed by atoms with van der Waals surface area (Å²) < 4.78 is 0. The van der Waals surface area contributed by atoms with E-state index in [9.17, 15) is 9.59 Å². The Morgan fingerprint density at radius 3 is 2.44 bits per heavy atom. The van der Waals surface area contributed by atoms with Crippen molar-refractivity contribution in [3.05, 3.63) is 35.4 Å². The van der Waals surface area contributed by atoms with E-state index >= 15 is 0 Å². The van der Waals surface area contributed by atoms with Gasteiger partial charge in [-0.25, -0.2) is 0 Å². The largest absolute Gasteiger partial charge is 0.368 e.